The molecule has 0 aromatic heterocycles. The summed E-state index contributed by atoms with van der Waals surface area (Å²) in [6, 6.07) is -1.03. The Morgan fingerprint density at radius 3 is 2.25 bits per heavy atom. The number of hydrogen-bond donors (Lipinski definition) is 4. The van der Waals surface area contributed by atoms with Crippen molar-refractivity contribution in [2.24, 2.45) is 17.6 Å². The Morgan fingerprint density at radius 2 is 1.90 bits per heavy atom. The van der Waals surface area contributed by atoms with Crippen LogP contribution in [0.2, 0.25) is 0 Å². The third-order valence-corrected chi connectivity index (χ3v) is 6.07. The molecule has 20 heavy (non-hydrogen) atoms. The van der Waals surface area contributed by atoms with Gasteiger partial charge in [-0.25, -0.2) is 13.2 Å². The molecule has 0 aromatic rings. The zero-order valence-corrected chi connectivity index (χ0v) is 11.3. The molecule has 10 heteroatoms. The van der Waals surface area contributed by atoms with Crippen LogP contribution in [0, 0.1) is 11.8 Å². The first kappa shape index (κ1) is 14.7. The SMILES string of the molecule is C[C@H](N)C(=O)N[C@@]1(C(=O)O)CS(=O)(=O)[C@@H]2C1[C@H]2C(=O)O. The Morgan fingerprint density at radius 1 is 1.35 bits per heavy atom. The number of carbonyl (C=O) groups is 3. The van der Waals surface area contributed by atoms with Gasteiger partial charge in [0, 0.05) is 5.92 Å². The highest BCUT2D eigenvalue weighted by molar-refractivity contribution is 7.92. The van der Waals surface area contributed by atoms with E-state index < -0.39 is 62.1 Å². The fourth-order valence-corrected chi connectivity index (χ4v) is 5.54. The van der Waals surface area contributed by atoms with Crippen molar-refractivity contribution < 1.29 is 33.0 Å². The lowest BCUT2D eigenvalue weighted by atomic mass is 9.93. The summed E-state index contributed by atoms with van der Waals surface area (Å²) in [5.41, 5.74) is 3.21. The van der Waals surface area contributed by atoms with Gasteiger partial charge in [0.05, 0.1) is 23.0 Å². The number of amides is 1. The monoisotopic (exact) mass is 306 g/mol. The van der Waals surface area contributed by atoms with Crippen LogP contribution in [0.3, 0.4) is 0 Å². The lowest BCUT2D eigenvalue weighted by molar-refractivity contribution is -0.148. The summed E-state index contributed by atoms with van der Waals surface area (Å²) in [4.78, 5) is 34.1. The summed E-state index contributed by atoms with van der Waals surface area (Å²) in [5.74, 6) is -7.06. The van der Waals surface area contributed by atoms with Gasteiger partial charge in [-0.15, -0.1) is 0 Å². The molecular weight excluding hydrogens is 292 g/mol. The number of fused-ring (bicyclic) bond motifs is 1. The van der Waals surface area contributed by atoms with E-state index >= 15 is 0 Å². The van der Waals surface area contributed by atoms with Crippen molar-refractivity contribution in [1.82, 2.24) is 5.32 Å². The van der Waals surface area contributed by atoms with E-state index in [0.717, 1.165) is 0 Å². The Labute approximate surface area is 114 Å². The molecule has 0 radical (unpaired) electrons. The number of aliphatic carboxylic acids is 2. The van der Waals surface area contributed by atoms with Crippen LogP contribution in [0.15, 0.2) is 0 Å². The van der Waals surface area contributed by atoms with Crippen LogP contribution in [0.1, 0.15) is 6.92 Å². The van der Waals surface area contributed by atoms with Crippen LogP contribution in [0.5, 0.6) is 0 Å². The molecule has 5 atom stereocenters. The molecule has 112 valence electrons. The van der Waals surface area contributed by atoms with Gasteiger partial charge in [-0.2, -0.15) is 0 Å². The van der Waals surface area contributed by atoms with Crippen molar-refractivity contribution >= 4 is 27.7 Å². The van der Waals surface area contributed by atoms with Gasteiger partial charge < -0.3 is 21.3 Å². The first-order chi connectivity index (χ1) is 9.04. The molecule has 1 amide bonds. The number of nitrogens with one attached hydrogen (secondary N) is 1. The minimum Gasteiger partial charge on any atom is -0.481 e. The first-order valence-electron chi connectivity index (χ1n) is 5.80. The van der Waals surface area contributed by atoms with Crippen LogP contribution in [-0.2, 0) is 24.2 Å². The summed E-state index contributed by atoms with van der Waals surface area (Å²) >= 11 is 0. The maximum atomic E-state index is 11.9. The summed E-state index contributed by atoms with van der Waals surface area (Å²) in [7, 11) is -3.89. The predicted octanol–water partition coefficient (Wildman–Crippen LogP) is -2.60. The molecule has 0 aromatic carbocycles. The molecule has 1 saturated heterocycles. The summed E-state index contributed by atoms with van der Waals surface area (Å²) < 4.78 is 23.8. The van der Waals surface area contributed by atoms with Crippen LogP contribution < -0.4 is 11.1 Å². The smallest absolute Gasteiger partial charge is 0.330 e. The zero-order valence-electron chi connectivity index (χ0n) is 10.4. The Balaban J connectivity index is 2.42. The van der Waals surface area contributed by atoms with Crippen LogP contribution >= 0.6 is 0 Å². The zero-order chi connectivity index (χ0) is 15.5. The van der Waals surface area contributed by atoms with Crippen LogP contribution in [0.4, 0.5) is 0 Å². The van der Waals surface area contributed by atoms with Crippen molar-refractivity contribution in [3.63, 3.8) is 0 Å². The number of carboxylic acid groups (broad SMARTS) is 2. The van der Waals surface area contributed by atoms with E-state index in [1.807, 2.05) is 0 Å². The summed E-state index contributed by atoms with van der Waals surface area (Å²) in [6.45, 7) is 1.31. The average molecular weight is 306 g/mol. The van der Waals surface area contributed by atoms with Crippen LogP contribution in [-0.4, -0.2) is 59.1 Å². The average Bonchev–Trinajstić information content (AvgIpc) is 2.98. The minimum absolute atomic E-state index is 0.813. The molecular formula is C10H14N2O7S. The normalized spacial score (nSPS) is 38.6. The number of carbonyl (C=O) groups excluding carboxylic acids is 1. The molecule has 0 bridgehead atoms. The molecule has 9 nitrogen and oxygen atoms in total. The first-order valence-corrected chi connectivity index (χ1v) is 7.51. The Hall–Kier alpha value is -1.68. The predicted molar refractivity (Wildman–Crippen MR) is 64.3 cm³/mol. The topological polar surface area (TPSA) is 164 Å². The second-order valence-corrected chi connectivity index (χ2v) is 7.37. The maximum absolute atomic E-state index is 11.9. The minimum atomic E-state index is -3.89. The van der Waals surface area contributed by atoms with E-state index in [1.54, 1.807) is 0 Å². The fourth-order valence-electron chi connectivity index (χ4n) is 2.83. The van der Waals surface area contributed by atoms with E-state index in [9.17, 15) is 27.9 Å². The van der Waals surface area contributed by atoms with Gasteiger partial charge in [0.2, 0.25) is 5.91 Å². The third-order valence-electron chi connectivity index (χ3n) is 3.79. The van der Waals surface area contributed by atoms with Crippen molar-refractivity contribution in [2.75, 3.05) is 5.75 Å². The number of rotatable bonds is 4. The molecule has 1 aliphatic heterocycles. The maximum Gasteiger partial charge on any atom is 0.330 e. The third kappa shape index (κ3) is 1.86. The van der Waals surface area contributed by atoms with Gasteiger partial charge in [0.25, 0.3) is 0 Å². The molecule has 5 N–H and O–H groups in total. The second kappa shape index (κ2) is 4.16. The van der Waals surface area contributed by atoms with Crippen molar-refractivity contribution in [1.29, 1.82) is 0 Å². The summed E-state index contributed by atoms with van der Waals surface area (Å²) in [5, 5.41) is 19.1. The van der Waals surface area contributed by atoms with E-state index in [2.05, 4.69) is 5.32 Å². The molecule has 2 rings (SSSR count). The second-order valence-electron chi connectivity index (χ2n) is 5.22. The number of nitrogens with two attached hydrogens (primary N) is 1. The van der Waals surface area contributed by atoms with E-state index in [0.29, 0.717) is 0 Å². The highest BCUT2D eigenvalue weighted by Gasteiger charge is 2.79. The quantitative estimate of drug-likeness (QED) is 0.439. The van der Waals surface area contributed by atoms with Crippen molar-refractivity contribution in [2.45, 2.75) is 23.8 Å². The van der Waals surface area contributed by atoms with Crippen molar-refractivity contribution in [3.05, 3.63) is 0 Å². The molecule has 0 spiro atoms. The molecule has 2 aliphatic rings. The van der Waals surface area contributed by atoms with Gasteiger partial charge in [0.15, 0.2) is 15.4 Å². The van der Waals surface area contributed by atoms with E-state index in [4.69, 9.17) is 10.8 Å². The molecule has 1 heterocycles. The molecule has 1 unspecified atom stereocenters. The largest absolute Gasteiger partial charge is 0.481 e. The fraction of sp³-hybridized carbons (Fsp3) is 0.700. The van der Waals surface area contributed by atoms with Gasteiger partial charge in [-0.05, 0) is 6.92 Å². The number of sulfone groups is 1. The summed E-state index contributed by atoms with van der Waals surface area (Å²) in [6.07, 6.45) is 0. The van der Waals surface area contributed by atoms with Gasteiger partial charge >= 0.3 is 11.9 Å². The van der Waals surface area contributed by atoms with E-state index in [1.165, 1.54) is 6.92 Å². The number of hydrogen-bond acceptors (Lipinski definition) is 6. The van der Waals surface area contributed by atoms with Gasteiger partial charge in [-0.1, -0.05) is 0 Å². The Bertz CT molecular complexity index is 599. The highest BCUT2D eigenvalue weighted by Crippen LogP contribution is 2.57. The lowest BCUT2D eigenvalue weighted by Gasteiger charge is -2.28. The van der Waals surface area contributed by atoms with Crippen LogP contribution in [0.25, 0.3) is 0 Å². The number of carboxylic acids is 2. The highest BCUT2D eigenvalue weighted by atomic mass is 32.2. The molecule has 2 fully saturated rings. The molecule has 1 saturated carbocycles. The van der Waals surface area contributed by atoms with Gasteiger partial charge in [-0.3, -0.25) is 9.59 Å². The van der Waals surface area contributed by atoms with Crippen molar-refractivity contribution in [3.8, 4) is 0 Å². The standard InChI is InChI=1S/C10H14N2O7S/c1-3(11)7(13)12-10(9(16)17)2-20(18,19)6-4(5(6)10)8(14)15/h3-6H,2,11H2,1H3,(H,12,13)(H,14,15)(H,16,17)/t3-,4+,5?,6-,10-/m0/s1. The lowest BCUT2D eigenvalue weighted by Crippen LogP contribution is -2.61. The molecule has 1 aliphatic carbocycles. The van der Waals surface area contributed by atoms with E-state index in [-0.39, 0.29) is 0 Å². The Kier molecular flexibility index (Phi) is 3.06. The van der Waals surface area contributed by atoms with Gasteiger partial charge in [0.1, 0.15) is 0 Å².